The lowest BCUT2D eigenvalue weighted by molar-refractivity contribution is -0.113. The number of carbonyl (C=O) groups is 1. The van der Waals surface area contributed by atoms with Gasteiger partial charge in [-0.05, 0) is 23.8 Å². The van der Waals surface area contributed by atoms with E-state index >= 15 is 0 Å². The van der Waals surface area contributed by atoms with Gasteiger partial charge < -0.3 is 5.11 Å². The Bertz CT molecular complexity index is 741. The first-order valence-corrected chi connectivity index (χ1v) is 7.50. The summed E-state index contributed by atoms with van der Waals surface area (Å²) in [6.45, 7) is 0. The molecular formula is C16H11NO2S2. The zero-order valence-electron chi connectivity index (χ0n) is 10.9. The molecule has 0 saturated carbocycles. The second-order valence-electron chi connectivity index (χ2n) is 4.45. The number of benzene rings is 2. The first-order chi connectivity index (χ1) is 10.1. The quantitative estimate of drug-likeness (QED) is 0.676. The van der Waals surface area contributed by atoms with Crippen molar-refractivity contribution in [2.75, 3.05) is 4.90 Å². The molecule has 0 radical (unpaired) electrons. The maximum atomic E-state index is 12.5. The predicted octanol–water partition coefficient (Wildman–Crippen LogP) is 3.80. The summed E-state index contributed by atoms with van der Waals surface area (Å²) in [5.74, 6) is -0.0620. The third-order valence-electron chi connectivity index (χ3n) is 2.98. The molecule has 0 spiro atoms. The number of rotatable bonds is 2. The number of thiocarbonyl (C=S) groups is 1. The highest BCUT2D eigenvalue weighted by atomic mass is 32.2. The van der Waals surface area contributed by atoms with E-state index in [1.165, 1.54) is 22.7 Å². The average molecular weight is 313 g/mol. The van der Waals surface area contributed by atoms with Gasteiger partial charge in [0.1, 0.15) is 5.75 Å². The van der Waals surface area contributed by atoms with Gasteiger partial charge in [-0.2, -0.15) is 0 Å². The van der Waals surface area contributed by atoms with Gasteiger partial charge >= 0.3 is 0 Å². The van der Waals surface area contributed by atoms with Crippen molar-refractivity contribution >= 4 is 46.0 Å². The highest BCUT2D eigenvalue weighted by Gasteiger charge is 2.33. The molecule has 0 aromatic heterocycles. The summed E-state index contributed by atoms with van der Waals surface area (Å²) < 4.78 is 0.466. The Morgan fingerprint density at radius 3 is 2.57 bits per heavy atom. The summed E-state index contributed by atoms with van der Waals surface area (Å²) in [6.07, 6.45) is 1.82. The lowest BCUT2D eigenvalue weighted by Crippen LogP contribution is -2.27. The van der Waals surface area contributed by atoms with Crippen molar-refractivity contribution in [1.29, 1.82) is 0 Å². The number of anilines is 1. The van der Waals surface area contributed by atoms with Gasteiger partial charge in [-0.15, -0.1) is 0 Å². The maximum Gasteiger partial charge on any atom is 0.270 e. The Labute approximate surface area is 131 Å². The molecule has 1 fully saturated rings. The van der Waals surface area contributed by atoms with Crippen LogP contribution in [0.2, 0.25) is 0 Å². The van der Waals surface area contributed by atoms with E-state index in [9.17, 15) is 9.90 Å². The number of hydrogen-bond donors (Lipinski definition) is 1. The zero-order chi connectivity index (χ0) is 14.8. The Balaban J connectivity index is 1.94. The maximum absolute atomic E-state index is 12.5. The number of carbonyl (C=O) groups excluding carboxylic acids is 1. The van der Waals surface area contributed by atoms with Crippen LogP contribution in [0.15, 0.2) is 59.5 Å². The Morgan fingerprint density at radius 2 is 1.86 bits per heavy atom. The highest BCUT2D eigenvalue weighted by Crippen LogP contribution is 2.36. The van der Waals surface area contributed by atoms with Crippen LogP contribution in [-0.4, -0.2) is 15.3 Å². The standard InChI is InChI=1S/C16H11NO2S2/c18-13-8-4-7-12(10-13)17-15(19)14(21-16(17)20)9-11-5-2-1-3-6-11/h1-10,18H. The first kappa shape index (κ1) is 13.9. The molecule has 1 saturated heterocycles. The Morgan fingerprint density at radius 1 is 1.10 bits per heavy atom. The largest absolute Gasteiger partial charge is 0.508 e. The van der Waals surface area contributed by atoms with Crippen molar-refractivity contribution in [3.05, 3.63) is 65.1 Å². The molecule has 0 aliphatic carbocycles. The van der Waals surface area contributed by atoms with Gasteiger partial charge in [0.05, 0.1) is 10.6 Å². The van der Waals surface area contributed by atoms with E-state index < -0.39 is 0 Å². The van der Waals surface area contributed by atoms with E-state index in [0.29, 0.717) is 14.9 Å². The van der Waals surface area contributed by atoms with E-state index in [2.05, 4.69) is 0 Å². The molecular weight excluding hydrogens is 302 g/mol. The molecule has 21 heavy (non-hydrogen) atoms. The van der Waals surface area contributed by atoms with Gasteiger partial charge in [-0.25, -0.2) is 0 Å². The normalized spacial score (nSPS) is 16.8. The molecule has 1 amide bonds. The highest BCUT2D eigenvalue weighted by molar-refractivity contribution is 8.27. The van der Waals surface area contributed by atoms with Gasteiger partial charge in [0.15, 0.2) is 4.32 Å². The van der Waals surface area contributed by atoms with E-state index in [1.807, 2.05) is 36.4 Å². The van der Waals surface area contributed by atoms with Crippen molar-refractivity contribution in [3.63, 3.8) is 0 Å². The van der Waals surface area contributed by atoms with Crippen LogP contribution in [0.25, 0.3) is 6.08 Å². The summed E-state index contributed by atoms with van der Waals surface area (Å²) in [6, 6.07) is 16.1. The molecule has 1 N–H and O–H groups in total. The van der Waals surface area contributed by atoms with Crippen LogP contribution in [0, 0.1) is 0 Å². The number of thioether (sulfide) groups is 1. The third kappa shape index (κ3) is 2.84. The molecule has 3 nitrogen and oxygen atoms in total. The molecule has 0 unspecified atom stereocenters. The minimum absolute atomic E-state index is 0.105. The second kappa shape index (κ2) is 5.71. The average Bonchev–Trinajstić information content (AvgIpc) is 2.74. The van der Waals surface area contributed by atoms with Crippen LogP contribution in [0.1, 0.15) is 5.56 Å². The van der Waals surface area contributed by atoms with Gasteiger partial charge in [-0.1, -0.05) is 60.4 Å². The number of phenolic OH excluding ortho intramolecular Hbond substituents is 1. The molecule has 1 aliphatic heterocycles. The van der Waals surface area contributed by atoms with Crippen LogP contribution in [0.5, 0.6) is 5.75 Å². The van der Waals surface area contributed by atoms with Crippen molar-refractivity contribution < 1.29 is 9.90 Å². The Hall–Kier alpha value is -2.11. The van der Waals surface area contributed by atoms with Crippen molar-refractivity contribution in [3.8, 4) is 5.75 Å². The first-order valence-electron chi connectivity index (χ1n) is 6.27. The lowest BCUT2D eigenvalue weighted by atomic mass is 10.2. The molecule has 1 aliphatic rings. The fourth-order valence-corrected chi connectivity index (χ4v) is 3.32. The summed E-state index contributed by atoms with van der Waals surface area (Å²) in [5, 5.41) is 9.54. The number of nitrogens with zero attached hydrogens (tertiary/aromatic N) is 1. The van der Waals surface area contributed by atoms with Crippen molar-refractivity contribution in [1.82, 2.24) is 0 Å². The van der Waals surface area contributed by atoms with Crippen molar-refractivity contribution in [2.24, 2.45) is 0 Å². The summed E-state index contributed by atoms with van der Waals surface area (Å²) in [7, 11) is 0. The molecule has 5 heteroatoms. The van der Waals surface area contributed by atoms with Gasteiger partial charge in [0, 0.05) is 6.07 Å². The molecule has 104 valence electrons. The zero-order valence-corrected chi connectivity index (χ0v) is 12.5. The van der Waals surface area contributed by atoms with Crippen LogP contribution in [0.3, 0.4) is 0 Å². The molecule has 0 atom stereocenters. The number of hydrogen-bond acceptors (Lipinski definition) is 4. The minimum Gasteiger partial charge on any atom is -0.508 e. The summed E-state index contributed by atoms with van der Waals surface area (Å²) >= 11 is 6.55. The van der Waals surface area contributed by atoms with E-state index in [-0.39, 0.29) is 11.7 Å². The smallest absolute Gasteiger partial charge is 0.270 e. The molecule has 2 aromatic carbocycles. The number of amides is 1. The number of phenols is 1. The fourth-order valence-electron chi connectivity index (χ4n) is 2.02. The molecule has 2 aromatic rings. The minimum atomic E-state index is -0.167. The summed E-state index contributed by atoms with van der Waals surface area (Å²) in [5.41, 5.74) is 1.53. The van der Waals surface area contributed by atoms with Crippen LogP contribution in [-0.2, 0) is 4.79 Å². The molecule has 3 rings (SSSR count). The lowest BCUT2D eigenvalue weighted by Gasteiger charge is -2.14. The molecule has 0 bridgehead atoms. The summed E-state index contributed by atoms with van der Waals surface area (Å²) in [4.78, 5) is 14.5. The third-order valence-corrected chi connectivity index (χ3v) is 4.28. The van der Waals surface area contributed by atoms with Gasteiger partial charge in [0.2, 0.25) is 0 Å². The van der Waals surface area contributed by atoms with Crippen LogP contribution >= 0.6 is 24.0 Å². The Kier molecular flexibility index (Phi) is 3.77. The second-order valence-corrected chi connectivity index (χ2v) is 6.12. The van der Waals surface area contributed by atoms with Gasteiger partial charge in [-0.3, -0.25) is 9.69 Å². The van der Waals surface area contributed by atoms with Gasteiger partial charge in [0.25, 0.3) is 5.91 Å². The van der Waals surface area contributed by atoms with E-state index in [0.717, 1.165) is 5.56 Å². The molecule has 1 heterocycles. The van der Waals surface area contributed by atoms with Crippen LogP contribution < -0.4 is 4.90 Å². The topological polar surface area (TPSA) is 40.5 Å². The van der Waals surface area contributed by atoms with E-state index in [1.54, 1.807) is 18.2 Å². The predicted molar refractivity (Wildman–Crippen MR) is 90.2 cm³/mol. The fraction of sp³-hybridized carbons (Fsp3) is 0. The number of aromatic hydroxyl groups is 1. The van der Waals surface area contributed by atoms with Crippen LogP contribution in [0.4, 0.5) is 5.69 Å². The monoisotopic (exact) mass is 313 g/mol. The van der Waals surface area contributed by atoms with Crippen molar-refractivity contribution in [2.45, 2.75) is 0 Å². The van der Waals surface area contributed by atoms with E-state index in [4.69, 9.17) is 12.2 Å². The SMILES string of the molecule is O=C1C(=Cc2ccccc2)SC(=S)N1c1cccc(O)c1.